The van der Waals surface area contributed by atoms with Gasteiger partial charge in [-0.1, -0.05) is 20.8 Å². The van der Waals surface area contributed by atoms with Gasteiger partial charge in [0, 0.05) is 0 Å². The molecule has 0 aliphatic heterocycles. The maximum atomic E-state index is 10.6. The molecule has 0 aromatic carbocycles. The number of esters is 1. The molecule has 0 amide bonds. The number of hydrogen-bond donors (Lipinski definition) is 1. The van der Waals surface area contributed by atoms with Crippen LogP contribution >= 0.6 is 0 Å². The molecule has 0 aromatic heterocycles. The summed E-state index contributed by atoms with van der Waals surface area (Å²) in [4.78, 5) is 10.6. The van der Waals surface area contributed by atoms with Crippen LogP contribution in [-0.4, -0.2) is 17.7 Å². The van der Waals surface area contributed by atoms with Gasteiger partial charge in [-0.15, -0.1) is 0 Å². The Morgan fingerprint density at radius 2 is 2.00 bits per heavy atom. The summed E-state index contributed by atoms with van der Waals surface area (Å²) in [6, 6.07) is 0. The average molecular weight is 158 g/mol. The van der Waals surface area contributed by atoms with Crippen molar-refractivity contribution in [2.75, 3.05) is 6.61 Å². The smallest absolute Gasteiger partial charge is 0.372 e. The Kier molecular flexibility index (Phi) is 3.11. The van der Waals surface area contributed by atoms with E-state index in [0.29, 0.717) is 0 Å². The summed E-state index contributed by atoms with van der Waals surface area (Å²) in [5.41, 5.74) is -0.0783. The Labute approximate surface area is 66.7 Å². The average Bonchev–Trinajstić information content (AvgIpc) is 1.80. The normalized spacial score (nSPS) is 10.8. The third-order valence-electron chi connectivity index (χ3n) is 0.872. The van der Waals surface area contributed by atoms with Gasteiger partial charge < -0.3 is 9.84 Å². The first-order valence-electron chi connectivity index (χ1n) is 3.38. The summed E-state index contributed by atoms with van der Waals surface area (Å²) in [6.45, 7) is 9.11. The van der Waals surface area contributed by atoms with Crippen molar-refractivity contribution in [1.29, 1.82) is 0 Å². The first-order valence-corrected chi connectivity index (χ1v) is 3.38. The summed E-state index contributed by atoms with van der Waals surface area (Å²) in [5, 5.41) is 8.55. The van der Waals surface area contributed by atoms with Gasteiger partial charge in [-0.2, -0.15) is 0 Å². The van der Waals surface area contributed by atoms with Gasteiger partial charge in [-0.05, 0) is 12.0 Å². The van der Waals surface area contributed by atoms with Crippen LogP contribution in [0.3, 0.4) is 0 Å². The Morgan fingerprint density at radius 1 is 1.55 bits per heavy atom. The first-order chi connectivity index (χ1) is 4.83. The highest BCUT2D eigenvalue weighted by molar-refractivity contribution is 5.84. The lowest BCUT2D eigenvalue weighted by Gasteiger charge is -2.17. The minimum absolute atomic E-state index is 0.0783. The van der Waals surface area contributed by atoms with Crippen LogP contribution in [0.5, 0.6) is 0 Å². The Balaban J connectivity index is 3.73. The van der Waals surface area contributed by atoms with Crippen LogP contribution in [0, 0.1) is 5.41 Å². The zero-order chi connectivity index (χ0) is 9.07. The molecule has 3 nitrogen and oxygen atoms in total. The number of hydrogen-bond acceptors (Lipinski definition) is 3. The van der Waals surface area contributed by atoms with E-state index >= 15 is 0 Å². The fraction of sp³-hybridized carbons (Fsp3) is 0.625. The largest absolute Gasteiger partial charge is 0.502 e. The second-order valence-corrected chi connectivity index (χ2v) is 3.58. The van der Waals surface area contributed by atoms with Crippen molar-refractivity contribution in [2.45, 2.75) is 20.8 Å². The third-order valence-corrected chi connectivity index (χ3v) is 0.872. The van der Waals surface area contributed by atoms with Crippen LogP contribution in [0.4, 0.5) is 0 Å². The van der Waals surface area contributed by atoms with Crippen LogP contribution in [0.25, 0.3) is 0 Å². The number of carbonyl (C=O) groups is 1. The molecule has 0 spiro atoms. The summed E-state index contributed by atoms with van der Waals surface area (Å²) < 4.78 is 4.68. The van der Waals surface area contributed by atoms with E-state index in [-0.39, 0.29) is 12.0 Å². The minimum Gasteiger partial charge on any atom is -0.502 e. The topological polar surface area (TPSA) is 46.5 Å². The molecule has 0 aliphatic rings. The van der Waals surface area contributed by atoms with Crippen molar-refractivity contribution in [3.8, 4) is 0 Å². The predicted molar refractivity (Wildman–Crippen MR) is 42.2 cm³/mol. The highest BCUT2D eigenvalue weighted by Gasteiger charge is 2.14. The molecule has 0 saturated carbocycles. The van der Waals surface area contributed by atoms with Gasteiger partial charge in [-0.3, -0.25) is 0 Å². The summed E-state index contributed by atoms with van der Waals surface area (Å²) >= 11 is 0. The quantitative estimate of drug-likeness (QED) is 0.377. The summed E-state index contributed by atoms with van der Waals surface area (Å²) in [5.74, 6) is -1.30. The molecule has 0 radical (unpaired) electrons. The van der Waals surface area contributed by atoms with Crippen LogP contribution in [-0.2, 0) is 9.53 Å². The highest BCUT2D eigenvalue weighted by Crippen LogP contribution is 2.13. The fourth-order valence-electron chi connectivity index (χ4n) is 0.365. The lowest BCUT2D eigenvalue weighted by molar-refractivity contribution is -0.144. The van der Waals surface area contributed by atoms with Crippen molar-refractivity contribution in [3.05, 3.63) is 12.3 Å². The highest BCUT2D eigenvalue weighted by atomic mass is 16.5. The standard InChI is InChI=1S/C8H14O3/c1-6(9)7(10)11-5-8(2,3)4/h9H,1,5H2,2-4H3. The molecular weight excluding hydrogens is 144 g/mol. The van der Waals surface area contributed by atoms with Gasteiger partial charge in [0.15, 0.2) is 5.76 Å². The molecule has 1 N–H and O–H groups in total. The second-order valence-electron chi connectivity index (χ2n) is 3.58. The van der Waals surface area contributed by atoms with Gasteiger partial charge in [0.2, 0.25) is 0 Å². The van der Waals surface area contributed by atoms with Crippen molar-refractivity contribution < 1.29 is 14.6 Å². The molecule has 11 heavy (non-hydrogen) atoms. The van der Waals surface area contributed by atoms with Gasteiger partial charge in [0.1, 0.15) is 0 Å². The Morgan fingerprint density at radius 3 is 2.27 bits per heavy atom. The molecule has 0 unspecified atom stereocenters. The van der Waals surface area contributed by atoms with Crippen molar-refractivity contribution >= 4 is 5.97 Å². The Bertz CT molecular complexity index is 165. The molecule has 0 saturated heterocycles. The zero-order valence-corrected chi connectivity index (χ0v) is 7.18. The van der Waals surface area contributed by atoms with Gasteiger partial charge >= 0.3 is 5.97 Å². The van der Waals surface area contributed by atoms with E-state index < -0.39 is 11.7 Å². The summed E-state index contributed by atoms with van der Waals surface area (Å²) in [7, 11) is 0. The monoisotopic (exact) mass is 158 g/mol. The van der Waals surface area contributed by atoms with Crippen molar-refractivity contribution in [3.63, 3.8) is 0 Å². The van der Waals surface area contributed by atoms with Crippen LogP contribution in [0.15, 0.2) is 12.3 Å². The third kappa shape index (κ3) is 5.45. The molecule has 0 atom stereocenters. The molecule has 0 heterocycles. The summed E-state index contributed by atoms with van der Waals surface area (Å²) in [6.07, 6.45) is 0. The number of aliphatic hydroxyl groups is 1. The van der Waals surface area contributed by atoms with E-state index in [1.807, 2.05) is 20.8 Å². The van der Waals surface area contributed by atoms with E-state index in [0.717, 1.165) is 0 Å². The van der Waals surface area contributed by atoms with Gasteiger partial charge in [0.05, 0.1) is 6.61 Å². The number of carbonyl (C=O) groups excluding carboxylic acids is 1. The molecule has 0 aromatic rings. The van der Waals surface area contributed by atoms with E-state index in [1.165, 1.54) is 0 Å². The maximum absolute atomic E-state index is 10.6. The molecule has 64 valence electrons. The van der Waals surface area contributed by atoms with Crippen LogP contribution < -0.4 is 0 Å². The van der Waals surface area contributed by atoms with Crippen LogP contribution in [0.2, 0.25) is 0 Å². The van der Waals surface area contributed by atoms with Crippen molar-refractivity contribution in [2.24, 2.45) is 5.41 Å². The van der Waals surface area contributed by atoms with E-state index in [9.17, 15) is 4.79 Å². The maximum Gasteiger partial charge on any atom is 0.372 e. The molecule has 0 bridgehead atoms. The Hall–Kier alpha value is -0.990. The molecule has 3 heteroatoms. The number of rotatable bonds is 2. The lowest BCUT2D eigenvalue weighted by atomic mass is 9.99. The SMILES string of the molecule is C=C(O)C(=O)OCC(C)(C)C. The second kappa shape index (κ2) is 3.42. The van der Waals surface area contributed by atoms with Crippen molar-refractivity contribution in [1.82, 2.24) is 0 Å². The number of aliphatic hydroxyl groups excluding tert-OH is 1. The molecule has 0 aliphatic carbocycles. The molecule has 0 fully saturated rings. The number of ether oxygens (including phenoxy) is 1. The molecule has 0 rings (SSSR count). The van der Waals surface area contributed by atoms with E-state index in [2.05, 4.69) is 11.3 Å². The minimum atomic E-state index is -0.750. The predicted octanol–water partition coefficient (Wildman–Crippen LogP) is 1.65. The first kappa shape index (κ1) is 10.0. The zero-order valence-electron chi connectivity index (χ0n) is 7.18. The lowest BCUT2D eigenvalue weighted by Crippen LogP contribution is -2.18. The van der Waals surface area contributed by atoms with Gasteiger partial charge in [-0.25, -0.2) is 4.79 Å². The van der Waals surface area contributed by atoms with E-state index in [1.54, 1.807) is 0 Å². The van der Waals surface area contributed by atoms with E-state index in [4.69, 9.17) is 5.11 Å². The van der Waals surface area contributed by atoms with Gasteiger partial charge in [0.25, 0.3) is 0 Å². The fourth-order valence-corrected chi connectivity index (χ4v) is 0.365. The van der Waals surface area contributed by atoms with Crippen LogP contribution in [0.1, 0.15) is 20.8 Å². The molecular formula is C8H14O3.